The monoisotopic (exact) mass is 296 g/mol. The quantitative estimate of drug-likeness (QED) is 0.802. The molecule has 0 fully saturated rings. The maximum absolute atomic E-state index is 12.2. The molecule has 0 aliphatic rings. The molecule has 0 unspecified atom stereocenters. The van der Waals surface area contributed by atoms with Crippen molar-refractivity contribution in [3.05, 3.63) is 70.2 Å². The van der Waals surface area contributed by atoms with E-state index in [0.717, 1.165) is 6.42 Å². The predicted octanol–water partition coefficient (Wildman–Crippen LogP) is 2.10. The SMILES string of the molecule is Cn1c(=O)oc2ccc(C(=O)NCCc3ccccc3)cc21. The molecule has 112 valence electrons. The molecular weight excluding hydrogens is 280 g/mol. The van der Waals surface area contributed by atoms with E-state index in [1.165, 1.54) is 10.1 Å². The van der Waals surface area contributed by atoms with Crippen LogP contribution >= 0.6 is 0 Å². The van der Waals surface area contributed by atoms with E-state index in [-0.39, 0.29) is 5.91 Å². The molecule has 0 saturated carbocycles. The summed E-state index contributed by atoms with van der Waals surface area (Å²) in [5, 5.41) is 2.88. The molecule has 22 heavy (non-hydrogen) atoms. The third-order valence-corrected chi connectivity index (χ3v) is 3.60. The van der Waals surface area contributed by atoms with Crippen molar-refractivity contribution in [3.8, 4) is 0 Å². The second-order valence-corrected chi connectivity index (χ2v) is 5.10. The van der Waals surface area contributed by atoms with Crippen LogP contribution in [0, 0.1) is 0 Å². The van der Waals surface area contributed by atoms with Gasteiger partial charge < -0.3 is 9.73 Å². The van der Waals surface area contributed by atoms with Gasteiger partial charge in [-0.25, -0.2) is 4.79 Å². The van der Waals surface area contributed by atoms with Crippen LogP contribution in [0.2, 0.25) is 0 Å². The van der Waals surface area contributed by atoms with Crippen molar-refractivity contribution >= 4 is 17.0 Å². The Hall–Kier alpha value is -2.82. The number of fused-ring (bicyclic) bond motifs is 1. The first-order valence-electron chi connectivity index (χ1n) is 7.07. The van der Waals surface area contributed by atoms with E-state index in [0.29, 0.717) is 23.2 Å². The van der Waals surface area contributed by atoms with Crippen LogP contribution in [0.1, 0.15) is 15.9 Å². The molecule has 0 aliphatic carbocycles. The standard InChI is InChI=1S/C17H16N2O3/c1-19-14-11-13(7-8-15(14)22-17(19)21)16(20)18-10-9-12-5-3-2-4-6-12/h2-8,11H,9-10H2,1H3,(H,18,20). The average Bonchev–Trinajstić information content (AvgIpc) is 2.83. The third-order valence-electron chi connectivity index (χ3n) is 3.60. The molecule has 1 amide bonds. The minimum atomic E-state index is -0.434. The molecular formula is C17H16N2O3. The lowest BCUT2D eigenvalue weighted by Gasteiger charge is -2.05. The number of benzene rings is 2. The minimum absolute atomic E-state index is 0.161. The van der Waals surface area contributed by atoms with Crippen molar-refractivity contribution in [3.63, 3.8) is 0 Å². The number of aryl methyl sites for hydroxylation is 1. The van der Waals surface area contributed by atoms with Crippen molar-refractivity contribution in [2.45, 2.75) is 6.42 Å². The molecule has 0 radical (unpaired) electrons. The highest BCUT2D eigenvalue weighted by Crippen LogP contribution is 2.14. The smallest absolute Gasteiger partial charge is 0.408 e. The van der Waals surface area contributed by atoms with Crippen molar-refractivity contribution in [1.29, 1.82) is 0 Å². The van der Waals surface area contributed by atoms with Crippen molar-refractivity contribution in [1.82, 2.24) is 9.88 Å². The first kappa shape index (κ1) is 14.1. The summed E-state index contributed by atoms with van der Waals surface area (Å²) in [6.07, 6.45) is 0.777. The first-order valence-corrected chi connectivity index (χ1v) is 7.07. The summed E-state index contributed by atoms with van der Waals surface area (Å²) in [5.41, 5.74) is 2.78. The first-order chi connectivity index (χ1) is 10.6. The second-order valence-electron chi connectivity index (χ2n) is 5.10. The number of carbonyl (C=O) groups is 1. The van der Waals surface area contributed by atoms with Crippen LogP contribution in [-0.2, 0) is 13.5 Å². The van der Waals surface area contributed by atoms with E-state index in [1.807, 2.05) is 30.3 Å². The number of hydrogen-bond donors (Lipinski definition) is 1. The number of oxazole rings is 1. The topological polar surface area (TPSA) is 64.2 Å². The van der Waals surface area contributed by atoms with E-state index >= 15 is 0 Å². The molecule has 2 aromatic carbocycles. The Labute approximate surface area is 127 Å². The average molecular weight is 296 g/mol. The molecule has 5 heteroatoms. The second kappa shape index (κ2) is 5.89. The number of aromatic nitrogens is 1. The highest BCUT2D eigenvalue weighted by atomic mass is 16.4. The maximum atomic E-state index is 12.2. The molecule has 3 rings (SSSR count). The fourth-order valence-electron chi connectivity index (χ4n) is 2.34. The summed E-state index contributed by atoms with van der Waals surface area (Å²) in [6, 6.07) is 14.9. The number of hydrogen-bond acceptors (Lipinski definition) is 3. The lowest BCUT2D eigenvalue weighted by Crippen LogP contribution is -2.25. The summed E-state index contributed by atoms with van der Waals surface area (Å²) in [4.78, 5) is 23.6. The Morgan fingerprint density at radius 3 is 2.73 bits per heavy atom. The largest absolute Gasteiger partial charge is 0.419 e. The summed E-state index contributed by atoms with van der Waals surface area (Å²) < 4.78 is 6.43. The molecule has 0 spiro atoms. The molecule has 0 atom stereocenters. The van der Waals surface area contributed by atoms with Crippen molar-refractivity contribution in [2.75, 3.05) is 6.54 Å². The lowest BCUT2D eigenvalue weighted by atomic mass is 10.1. The van der Waals surface area contributed by atoms with Gasteiger partial charge in [0.1, 0.15) is 0 Å². The van der Waals surface area contributed by atoms with Crippen LogP contribution in [0.5, 0.6) is 0 Å². The van der Waals surface area contributed by atoms with Gasteiger partial charge in [-0.15, -0.1) is 0 Å². The number of nitrogens with one attached hydrogen (secondary N) is 1. The van der Waals surface area contributed by atoms with Crippen LogP contribution < -0.4 is 11.1 Å². The van der Waals surface area contributed by atoms with Crippen LogP contribution in [0.25, 0.3) is 11.1 Å². The van der Waals surface area contributed by atoms with Crippen molar-refractivity contribution in [2.24, 2.45) is 7.05 Å². The lowest BCUT2D eigenvalue weighted by molar-refractivity contribution is 0.0954. The number of amides is 1. The van der Waals surface area contributed by atoms with Crippen LogP contribution in [0.3, 0.4) is 0 Å². The number of nitrogens with zero attached hydrogens (tertiary/aromatic N) is 1. The normalized spacial score (nSPS) is 10.8. The molecule has 0 saturated heterocycles. The van der Waals surface area contributed by atoms with Gasteiger partial charge in [0.2, 0.25) is 0 Å². The highest BCUT2D eigenvalue weighted by Gasteiger charge is 2.10. The van der Waals surface area contributed by atoms with Gasteiger partial charge in [0.05, 0.1) is 5.52 Å². The number of carbonyl (C=O) groups excluding carboxylic acids is 1. The van der Waals surface area contributed by atoms with E-state index in [9.17, 15) is 9.59 Å². The zero-order chi connectivity index (χ0) is 15.5. The number of rotatable bonds is 4. The van der Waals surface area contributed by atoms with Crippen molar-refractivity contribution < 1.29 is 9.21 Å². The summed E-state index contributed by atoms with van der Waals surface area (Å²) >= 11 is 0. The Kier molecular flexibility index (Phi) is 3.78. The van der Waals surface area contributed by atoms with Gasteiger partial charge in [-0.05, 0) is 30.2 Å². The van der Waals surface area contributed by atoms with E-state index in [1.54, 1.807) is 25.2 Å². The fraction of sp³-hybridized carbons (Fsp3) is 0.176. The Morgan fingerprint density at radius 2 is 1.95 bits per heavy atom. The summed E-state index contributed by atoms with van der Waals surface area (Å²) in [6.45, 7) is 0.561. The Balaban J connectivity index is 1.69. The molecule has 3 aromatic rings. The van der Waals surface area contributed by atoms with Crippen LogP contribution in [-0.4, -0.2) is 17.0 Å². The summed E-state index contributed by atoms with van der Waals surface area (Å²) in [5.74, 6) is -0.594. The van der Waals surface area contributed by atoms with Gasteiger partial charge in [-0.2, -0.15) is 0 Å². The van der Waals surface area contributed by atoms with Gasteiger partial charge >= 0.3 is 5.76 Å². The van der Waals surface area contributed by atoms with Gasteiger partial charge in [-0.3, -0.25) is 9.36 Å². The fourth-order valence-corrected chi connectivity index (χ4v) is 2.34. The summed E-state index contributed by atoms with van der Waals surface area (Å²) in [7, 11) is 1.62. The van der Waals surface area contributed by atoms with Gasteiger partial charge in [0.25, 0.3) is 5.91 Å². The molecule has 1 N–H and O–H groups in total. The highest BCUT2D eigenvalue weighted by molar-refractivity contribution is 5.97. The van der Waals surface area contributed by atoms with Gasteiger partial charge in [-0.1, -0.05) is 30.3 Å². The third kappa shape index (κ3) is 2.79. The molecule has 0 bridgehead atoms. The maximum Gasteiger partial charge on any atom is 0.419 e. The molecule has 5 nitrogen and oxygen atoms in total. The molecule has 1 heterocycles. The zero-order valence-electron chi connectivity index (χ0n) is 12.2. The van der Waals surface area contributed by atoms with E-state index < -0.39 is 5.76 Å². The Morgan fingerprint density at radius 1 is 1.18 bits per heavy atom. The Bertz CT molecular complexity index is 862. The van der Waals surface area contributed by atoms with Gasteiger partial charge in [0, 0.05) is 19.2 Å². The van der Waals surface area contributed by atoms with E-state index in [2.05, 4.69) is 5.32 Å². The van der Waals surface area contributed by atoms with E-state index in [4.69, 9.17) is 4.42 Å². The zero-order valence-corrected chi connectivity index (χ0v) is 12.2. The van der Waals surface area contributed by atoms with Crippen LogP contribution in [0.4, 0.5) is 0 Å². The van der Waals surface area contributed by atoms with Gasteiger partial charge in [0.15, 0.2) is 5.58 Å². The van der Waals surface area contributed by atoms with Crippen LogP contribution in [0.15, 0.2) is 57.7 Å². The molecule has 0 aliphatic heterocycles. The predicted molar refractivity (Wildman–Crippen MR) is 83.9 cm³/mol. The molecule has 1 aromatic heterocycles. The minimum Gasteiger partial charge on any atom is -0.408 e.